The highest BCUT2D eigenvalue weighted by Gasteiger charge is 2.31. The maximum atomic E-state index is 12.6. The van der Waals surface area contributed by atoms with Crippen LogP contribution < -0.4 is 10.9 Å². The number of hydrazine groups is 1. The molecule has 0 atom stereocenters. The molecule has 2 aromatic rings. The van der Waals surface area contributed by atoms with Gasteiger partial charge in [-0.25, -0.2) is 0 Å². The van der Waals surface area contributed by atoms with Crippen molar-refractivity contribution in [2.45, 2.75) is 25.7 Å². The first-order valence-corrected chi connectivity index (χ1v) is 10.8. The van der Waals surface area contributed by atoms with E-state index in [0.717, 1.165) is 30.5 Å². The molecule has 1 heterocycles. The van der Waals surface area contributed by atoms with E-state index in [9.17, 15) is 9.59 Å². The molecule has 2 amide bonds. The molecule has 1 aliphatic heterocycles. The van der Waals surface area contributed by atoms with Crippen LogP contribution in [0.2, 0.25) is 0 Å². The second-order valence-electron chi connectivity index (χ2n) is 6.59. The lowest BCUT2D eigenvalue weighted by atomic mass is 10.2. The van der Waals surface area contributed by atoms with Crippen LogP contribution in [0.5, 0.6) is 0 Å². The number of thioether (sulfide) groups is 1. The van der Waals surface area contributed by atoms with Gasteiger partial charge in [0.2, 0.25) is 5.91 Å². The quantitative estimate of drug-likeness (QED) is 0.266. The van der Waals surface area contributed by atoms with E-state index in [2.05, 4.69) is 10.9 Å². The van der Waals surface area contributed by atoms with Crippen molar-refractivity contribution in [3.63, 3.8) is 0 Å². The smallest absolute Gasteiger partial charge is 0.266 e. The van der Waals surface area contributed by atoms with Gasteiger partial charge in [-0.3, -0.25) is 25.3 Å². The Bertz CT molecular complexity index is 885. The fourth-order valence-corrected chi connectivity index (χ4v) is 4.16. The van der Waals surface area contributed by atoms with Crippen molar-refractivity contribution >= 4 is 51.9 Å². The number of rotatable bonds is 9. The summed E-state index contributed by atoms with van der Waals surface area (Å²) in [6, 6.07) is 19.2. The molecule has 5 nitrogen and oxygen atoms in total. The maximum absolute atomic E-state index is 12.6. The van der Waals surface area contributed by atoms with Crippen LogP contribution in [-0.2, 0) is 9.59 Å². The molecule has 1 aliphatic rings. The lowest BCUT2D eigenvalue weighted by Crippen LogP contribution is -2.29. The Morgan fingerprint density at radius 2 is 1.69 bits per heavy atom. The summed E-state index contributed by atoms with van der Waals surface area (Å²) in [5, 5.41) is 0. The number of hydrogen-bond donors (Lipinski definition) is 2. The van der Waals surface area contributed by atoms with Gasteiger partial charge >= 0.3 is 0 Å². The summed E-state index contributed by atoms with van der Waals surface area (Å²) in [6.07, 6.45) is 4.74. The third-order valence-electron chi connectivity index (χ3n) is 4.38. The van der Waals surface area contributed by atoms with Crippen molar-refractivity contribution in [1.82, 2.24) is 10.3 Å². The minimum atomic E-state index is -0.0507. The van der Waals surface area contributed by atoms with E-state index < -0.39 is 0 Å². The highest BCUT2D eigenvalue weighted by molar-refractivity contribution is 8.26. The summed E-state index contributed by atoms with van der Waals surface area (Å²) >= 11 is 6.71. The van der Waals surface area contributed by atoms with Crippen molar-refractivity contribution in [2.24, 2.45) is 0 Å². The summed E-state index contributed by atoms with van der Waals surface area (Å²) in [4.78, 5) is 26.8. The number of carbonyl (C=O) groups is 2. The Labute approximate surface area is 180 Å². The van der Waals surface area contributed by atoms with E-state index in [0.29, 0.717) is 22.2 Å². The van der Waals surface area contributed by atoms with Gasteiger partial charge in [0.15, 0.2) is 0 Å². The van der Waals surface area contributed by atoms with Crippen LogP contribution in [0.25, 0.3) is 6.08 Å². The van der Waals surface area contributed by atoms with Crippen LogP contribution >= 0.6 is 24.0 Å². The van der Waals surface area contributed by atoms with Gasteiger partial charge < -0.3 is 0 Å². The molecule has 3 rings (SSSR count). The third-order valence-corrected chi connectivity index (χ3v) is 5.75. The van der Waals surface area contributed by atoms with Crippen molar-refractivity contribution in [3.05, 3.63) is 71.1 Å². The lowest BCUT2D eigenvalue weighted by Gasteiger charge is -2.14. The number of nitrogens with zero attached hydrogens (tertiary/aromatic N) is 1. The summed E-state index contributed by atoms with van der Waals surface area (Å²) in [6.45, 7) is 0.584. The predicted molar refractivity (Wildman–Crippen MR) is 123 cm³/mol. The summed E-state index contributed by atoms with van der Waals surface area (Å²) < 4.78 is 0.599. The Balaban J connectivity index is 1.36. The molecule has 0 aliphatic carbocycles. The van der Waals surface area contributed by atoms with Gasteiger partial charge in [0, 0.05) is 13.0 Å². The van der Waals surface area contributed by atoms with E-state index in [-0.39, 0.29) is 11.8 Å². The molecule has 0 saturated carbocycles. The molecule has 0 radical (unpaired) electrons. The van der Waals surface area contributed by atoms with Gasteiger partial charge in [-0.1, -0.05) is 78.9 Å². The Kier molecular flexibility index (Phi) is 7.84. The molecule has 2 aromatic carbocycles. The molecule has 7 heteroatoms. The Hall–Kier alpha value is -2.64. The minimum Gasteiger partial charge on any atom is -0.299 e. The van der Waals surface area contributed by atoms with E-state index in [1.807, 2.05) is 66.7 Å². The van der Waals surface area contributed by atoms with Crippen molar-refractivity contribution in [1.29, 1.82) is 0 Å². The third kappa shape index (κ3) is 6.44. The molecule has 1 fully saturated rings. The second kappa shape index (κ2) is 10.8. The average Bonchev–Trinajstić information content (AvgIpc) is 3.00. The van der Waals surface area contributed by atoms with Crippen molar-refractivity contribution in [2.75, 3.05) is 12.0 Å². The van der Waals surface area contributed by atoms with Gasteiger partial charge in [0.1, 0.15) is 4.32 Å². The van der Waals surface area contributed by atoms with Gasteiger partial charge in [0.05, 0.1) is 10.6 Å². The normalized spacial score (nSPS) is 15.0. The lowest BCUT2D eigenvalue weighted by molar-refractivity contribution is -0.122. The fourth-order valence-electron chi connectivity index (χ4n) is 2.85. The number of thiocarbonyl (C=S) groups is 1. The fraction of sp³-hybridized carbons (Fsp3) is 0.227. The van der Waals surface area contributed by atoms with E-state index in [1.54, 1.807) is 4.90 Å². The molecule has 0 spiro atoms. The molecular formula is C22H23N3O2S2. The van der Waals surface area contributed by atoms with E-state index in [4.69, 9.17) is 12.2 Å². The molecule has 150 valence electrons. The first kappa shape index (κ1) is 21.1. The number of anilines is 1. The minimum absolute atomic E-state index is 0.0337. The number of para-hydroxylation sites is 1. The Morgan fingerprint density at radius 1 is 1.00 bits per heavy atom. The summed E-state index contributed by atoms with van der Waals surface area (Å²) in [5.74, 6) is -0.0843. The molecule has 0 bridgehead atoms. The van der Waals surface area contributed by atoms with Gasteiger partial charge in [-0.15, -0.1) is 0 Å². The number of carbonyl (C=O) groups excluding carboxylic acids is 2. The number of benzene rings is 2. The topological polar surface area (TPSA) is 61.4 Å². The number of hydrogen-bond acceptors (Lipinski definition) is 5. The first-order valence-electron chi connectivity index (χ1n) is 9.54. The van der Waals surface area contributed by atoms with Crippen molar-refractivity contribution in [3.8, 4) is 0 Å². The average molecular weight is 426 g/mol. The van der Waals surface area contributed by atoms with Crippen LogP contribution in [0.4, 0.5) is 5.69 Å². The molecular weight excluding hydrogens is 402 g/mol. The van der Waals surface area contributed by atoms with Gasteiger partial charge in [0.25, 0.3) is 5.91 Å². The summed E-state index contributed by atoms with van der Waals surface area (Å²) in [7, 11) is 0. The van der Waals surface area contributed by atoms with Gasteiger partial charge in [-0.05, 0) is 36.6 Å². The number of nitrogens with one attached hydrogen (secondary N) is 2. The standard InChI is InChI=1S/C22H23N3O2S2/c26-20(24-23-18-12-6-2-7-13-18)14-8-3-9-15-25-21(27)19(29-22(25)28)16-17-10-4-1-5-11-17/h1-2,4-7,10-13,16,23H,3,8-9,14-15H2,(H,24,26). The summed E-state index contributed by atoms with van der Waals surface area (Å²) in [5.41, 5.74) is 7.41. The highest BCUT2D eigenvalue weighted by atomic mass is 32.2. The van der Waals surface area contributed by atoms with Crippen LogP contribution in [0.3, 0.4) is 0 Å². The number of amides is 2. The van der Waals surface area contributed by atoms with Crippen LogP contribution in [0, 0.1) is 0 Å². The second-order valence-corrected chi connectivity index (χ2v) is 8.27. The molecule has 2 N–H and O–H groups in total. The molecule has 0 unspecified atom stereocenters. The first-order chi connectivity index (χ1) is 14.1. The molecule has 1 saturated heterocycles. The van der Waals surface area contributed by atoms with Crippen LogP contribution in [-0.4, -0.2) is 27.6 Å². The van der Waals surface area contributed by atoms with Crippen LogP contribution in [0.1, 0.15) is 31.2 Å². The van der Waals surface area contributed by atoms with Gasteiger partial charge in [-0.2, -0.15) is 0 Å². The van der Waals surface area contributed by atoms with E-state index in [1.165, 1.54) is 11.8 Å². The monoisotopic (exact) mass is 425 g/mol. The maximum Gasteiger partial charge on any atom is 0.266 e. The molecule has 29 heavy (non-hydrogen) atoms. The highest BCUT2D eigenvalue weighted by Crippen LogP contribution is 2.32. The largest absolute Gasteiger partial charge is 0.299 e. The SMILES string of the molecule is O=C(CCCCCN1C(=O)C(=Cc2ccccc2)SC1=S)NNc1ccccc1. The van der Waals surface area contributed by atoms with Crippen LogP contribution in [0.15, 0.2) is 65.6 Å². The number of unbranched alkanes of at least 4 members (excludes halogenated alkanes) is 2. The van der Waals surface area contributed by atoms with E-state index >= 15 is 0 Å². The zero-order valence-corrected chi connectivity index (χ0v) is 17.6. The Morgan fingerprint density at radius 3 is 2.41 bits per heavy atom. The molecule has 0 aromatic heterocycles. The zero-order valence-electron chi connectivity index (χ0n) is 16.0. The van der Waals surface area contributed by atoms with Crippen molar-refractivity contribution < 1.29 is 9.59 Å². The predicted octanol–water partition coefficient (Wildman–Crippen LogP) is 4.59. The zero-order chi connectivity index (χ0) is 20.5.